The summed E-state index contributed by atoms with van der Waals surface area (Å²) in [5.41, 5.74) is 6.54. The Kier molecular flexibility index (Phi) is 1.35. The van der Waals surface area contributed by atoms with E-state index in [0.717, 1.165) is 5.56 Å². The van der Waals surface area contributed by atoms with E-state index in [4.69, 9.17) is 10.2 Å². The Balaban J connectivity index is 2.77. The first-order valence-electron chi connectivity index (χ1n) is 2.58. The Morgan fingerprint density at radius 2 is 2.50 bits per heavy atom. The van der Waals surface area contributed by atoms with Crippen molar-refractivity contribution in [3.8, 4) is 0 Å². The largest absolute Gasteiger partial charge is 0.472 e. The molecule has 2 nitrogen and oxygen atoms in total. The lowest BCUT2D eigenvalue weighted by atomic mass is 10.2. The van der Waals surface area contributed by atoms with Gasteiger partial charge in [0.05, 0.1) is 12.5 Å². The number of furan rings is 1. The average Bonchev–Trinajstić information content (AvgIpc) is 2.12. The maximum absolute atomic E-state index is 5.50. The molecule has 0 aliphatic rings. The predicted molar refractivity (Wildman–Crippen MR) is 31.3 cm³/mol. The molecule has 2 heteroatoms. The van der Waals surface area contributed by atoms with Gasteiger partial charge in [-0.2, -0.15) is 0 Å². The molecule has 0 bridgehead atoms. The summed E-state index contributed by atoms with van der Waals surface area (Å²) >= 11 is 0. The van der Waals surface area contributed by atoms with Crippen molar-refractivity contribution in [3.63, 3.8) is 0 Å². The van der Waals surface area contributed by atoms with E-state index < -0.39 is 0 Å². The zero-order valence-corrected chi connectivity index (χ0v) is 4.79. The van der Waals surface area contributed by atoms with E-state index in [1.165, 1.54) is 0 Å². The summed E-state index contributed by atoms with van der Waals surface area (Å²) in [6, 6.07) is 1.96. The van der Waals surface area contributed by atoms with Gasteiger partial charge in [-0.1, -0.05) is 0 Å². The molecule has 8 heavy (non-hydrogen) atoms. The molecular weight excluding hydrogens is 102 g/mol. The summed E-state index contributed by atoms with van der Waals surface area (Å²) in [7, 11) is 0. The molecule has 0 aromatic carbocycles. The highest BCUT2D eigenvalue weighted by Gasteiger charge is 1.96. The summed E-state index contributed by atoms with van der Waals surface area (Å²) in [6.07, 6.45) is 3.28. The minimum atomic E-state index is 0.0914. The van der Waals surface area contributed by atoms with Crippen molar-refractivity contribution in [2.24, 2.45) is 5.73 Å². The first-order valence-corrected chi connectivity index (χ1v) is 2.58. The third-order valence-corrected chi connectivity index (χ3v) is 1.07. The number of rotatable bonds is 1. The van der Waals surface area contributed by atoms with Crippen LogP contribution in [0.25, 0.3) is 0 Å². The van der Waals surface area contributed by atoms with Gasteiger partial charge >= 0.3 is 0 Å². The Labute approximate surface area is 48.3 Å². The van der Waals surface area contributed by atoms with Crippen LogP contribution in [0, 0.1) is 0 Å². The van der Waals surface area contributed by atoms with Gasteiger partial charge in [-0.15, -0.1) is 0 Å². The summed E-state index contributed by atoms with van der Waals surface area (Å²) < 4.78 is 4.80. The van der Waals surface area contributed by atoms with Crippen LogP contribution in [0.2, 0.25) is 0 Å². The first kappa shape index (κ1) is 5.38. The van der Waals surface area contributed by atoms with Crippen molar-refractivity contribution in [2.75, 3.05) is 0 Å². The van der Waals surface area contributed by atoms with E-state index in [9.17, 15) is 0 Å². The third-order valence-electron chi connectivity index (χ3n) is 1.07. The molecule has 1 atom stereocenters. The topological polar surface area (TPSA) is 39.2 Å². The summed E-state index contributed by atoms with van der Waals surface area (Å²) in [5, 5.41) is 0. The van der Waals surface area contributed by atoms with Gasteiger partial charge in [0, 0.05) is 11.6 Å². The monoisotopic (exact) mass is 111 g/mol. The van der Waals surface area contributed by atoms with Gasteiger partial charge in [0.1, 0.15) is 0 Å². The van der Waals surface area contributed by atoms with Crippen LogP contribution < -0.4 is 5.73 Å². The highest BCUT2D eigenvalue weighted by Crippen LogP contribution is 2.07. The second kappa shape index (κ2) is 2.01. The fraction of sp³-hybridized carbons (Fsp3) is 0.333. The molecule has 0 spiro atoms. The molecule has 0 aliphatic carbocycles. The Hall–Kier alpha value is -0.760. The van der Waals surface area contributed by atoms with E-state index in [0.29, 0.717) is 0 Å². The fourth-order valence-corrected chi connectivity index (χ4v) is 0.534. The third kappa shape index (κ3) is 0.898. The van der Waals surface area contributed by atoms with Crippen molar-refractivity contribution in [1.82, 2.24) is 0 Å². The first-order chi connectivity index (χ1) is 3.80. The summed E-state index contributed by atoms with van der Waals surface area (Å²) in [4.78, 5) is 0. The minimum Gasteiger partial charge on any atom is -0.472 e. The predicted octanol–water partition coefficient (Wildman–Crippen LogP) is 1.30. The van der Waals surface area contributed by atoms with Gasteiger partial charge in [-0.05, 0) is 13.0 Å². The molecule has 2 N–H and O–H groups in total. The lowest BCUT2D eigenvalue weighted by Crippen LogP contribution is -2.02. The molecular formula is C6H9NO. The number of nitrogens with two attached hydrogens (primary N) is 1. The standard InChI is InChI=1S/C6H9NO/c1-5(7)6-2-3-8-4-6/h2-5H,7H2,1H3. The SMILES string of the molecule is CC(N)c1ccoc1. The van der Waals surface area contributed by atoms with E-state index in [1.54, 1.807) is 12.5 Å². The molecule has 1 aromatic rings. The molecule has 1 heterocycles. The van der Waals surface area contributed by atoms with Crippen LogP contribution in [0.5, 0.6) is 0 Å². The van der Waals surface area contributed by atoms with Crippen LogP contribution >= 0.6 is 0 Å². The quantitative estimate of drug-likeness (QED) is 0.593. The molecule has 0 aliphatic heterocycles. The van der Waals surface area contributed by atoms with Crippen LogP contribution in [0.4, 0.5) is 0 Å². The Morgan fingerprint density at radius 1 is 1.75 bits per heavy atom. The Morgan fingerprint density at radius 3 is 2.75 bits per heavy atom. The maximum atomic E-state index is 5.50. The molecule has 1 rings (SSSR count). The van der Waals surface area contributed by atoms with Crippen molar-refractivity contribution >= 4 is 0 Å². The van der Waals surface area contributed by atoms with Crippen LogP contribution in [-0.2, 0) is 0 Å². The molecule has 44 valence electrons. The van der Waals surface area contributed by atoms with E-state index in [2.05, 4.69) is 0 Å². The minimum absolute atomic E-state index is 0.0914. The van der Waals surface area contributed by atoms with Crippen molar-refractivity contribution < 1.29 is 4.42 Å². The second-order valence-electron chi connectivity index (χ2n) is 1.85. The van der Waals surface area contributed by atoms with Crippen molar-refractivity contribution in [2.45, 2.75) is 13.0 Å². The molecule has 0 radical (unpaired) electrons. The second-order valence-corrected chi connectivity index (χ2v) is 1.85. The van der Waals surface area contributed by atoms with Gasteiger partial charge in [0.15, 0.2) is 0 Å². The van der Waals surface area contributed by atoms with Crippen molar-refractivity contribution in [1.29, 1.82) is 0 Å². The lowest BCUT2D eigenvalue weighted by Gasteiger charge is -1.95. The van der Waals surface area contributed by atoms with Crippen LogP contribution in [0.1, 0.15) is 18.5 Å². The molecule has 0 saturated heterocycles. The molecule has 0 amide bonds. The molecule has 1 aromatic heterocycles. The molecule has 1 unspecified atom stereocenters. The molecule has 0 fully saturated rings. The zero-order chi connectivity index (χ0) is 5.98. The fourth-order valence-electron chi connectivity index (χ4n) is 0.534. The smallest absolute Gasteiger partial charge is 0.0950 e. The normalized spacial score (nSPS) is 13.8. The van der Waals surface area contributed by atoms with Crippen LogP contribution in [0.15, 0.2) is 23.0 Å². The number of hydrogen-bond donors (Lipinski definition) is 1. The van der Waals surface area contributed by atoms with Crippen molar-refractivity contribution in [3.05, 3.63) is 24.2 Å². The lowest BCUT2D eigenvalue weighted by molar-refractivity contribution is 0.561. The highest BCUT2D eigenvalue weighted by atomic mass is 16.3. The highest BCUT2D eigenvalue weighted by molar-refractivity contribution is 5.08. The van der Waals surface area contributed by atoms with Gasteiger partial charge in [0.25, 0.3) is 0 Å². The average molecular weight is 111 g/mol. The van der Waals surface area contributed by atoms with Crippen LogP contribution in [0.3, 0.4) is 0 Å². The molecule has 0 saturated carbocycles. The van der Waals surface area contributed by atoms with E-state index in [1.807, 2.05) is 13.0 Å². The van der Waals surface area contributed by atoms with Gasteiger partial charge < -0.3 is 10.2 Å². The van der Waals surface area contributed by atoms with Gasteiger partial charge in [-0.3, -0.25) is 0 Å². The zero-order valence-electron chi connectivity index (χ0n) is 4.79. The Bertz CT molecular complexity index is 144. The van der Waals surface area contributed by atoms with E-state index >= 15 is 0 Å². The number of hydrogen-bond acceptors (Lipinski definition) is 2. The van der Waals surface area contributed by atoms with Gasteiger partial charge in [-0.25, -0.2) is 0 Å². The van der Waals surface area contributed by atoms with Crippen LogP contribution in [-0.4, -0.2) is 0 Å². The maximum Gasteiger partial charge on any atom is 0.0950 e. The summed E-state index contributed by atoms with van der Waals surface area (Å²) in [6.45, 7) is 1.92. The van der Waals surface area contributed by atoms with Gasteiger partial charge in [0.2, 0.25) is 0 Å². The summed E-state index contributed by atoms with van der Waals surface area (Å²) in [5.74, 6) is 0. The van der Waals surface area contributed by atoms with E-state index in [-0.39, 0.29) is 6.04 Å².